The highest BCUT2D eigenvalue weighted by Crippen LogP contribution is 2.23. The van der Waals surface area contributed by atoms with E-state index in [9.17, 15) is 14.4 Å². The van der Waals surface area contributed by atoms with Crippen molar-refractivity contribution in [3.63, 3.8) is 0 Å². The van der Waals surface area contributed by atoms with Crippen molar-refractivity contribution in [3.8, 4) is 0 Å². The fourth-order valence-corrected chi connectivity index (χ4v) is 3.00. The van der Waals surface area contributed by atoms with Gasteiger partial charge in [-0.05, 0) is 42.5 Å². The van der Waals surface area contributed by atoms with Gasteiger partial charge >= 0.3 is 11.9 Å². The molecule has 0 aliphatic carbocycles. The number of H-pyrrole nitrogens is 1. The number of rotatable bonds is 4. The van der Waals surface area contributed by atoms with Crippen LogP contribution in [0, 0.1) is 0 Å². The standard InChI is InChI=1S/C20H13ClN2O6/c1-27-19(25)10-2-4-13-14(7-10)22-17(23-18(13)24)9-28-20(26)16-8-11-6-12(21)3-5-15(11)29-16/h2-8H,9H2,1H3,(H,22,23,24). The molecule has 0 unspecified atom stereocenters. The first kappa shape index (κ1) is 18.7. The summed E-state index contributed by atoms with van der Waals surface area (Å²) in [6, 6.07) is 10.9. The second-order valence-corrected chi connectivity index (χ2v) is 6.54. The summed E-state index contributed by atoms with van der Waals surface area (Å²) in [6.45, 7) is -0.287. The average Bonchev–Trinajstić information content (AvgIpc) is 3.14. The number of esters is 2. The molecule has 0 saturated carbocycles. The zero-order valence-electron chi connectivity index (χ0n) is 15.0. The second-order valence-electron chi connectivity index (χ2n) is 6.11. The number of carbonyl (C=O) groups excluding carboxylic acids is 2. The lowest BCUT2D eigenvalue weighted by Crippen LogP contribution is -2.15. The van der Waals surface area contributed by atoms with Crippen LogP contribution in [0.1, 0.15) is 26.7 Å². The molecule has 0 amide bonds. The Hall–Kier alpha value is -3.65. The van der Waals surface area contributed by atoms with E-state index in [-0.39, 0.29) is 29.3 Å². The number of ether oxygens (including phenoxy) is 2. The summed E-state index contributed by atoms with van der Waals surface area (Å²) in [6.07, 6.45) is 0. The van der Waals surface area contributed by atoms with Crippen molar-refractivity contribution < 1.29 is 23.5 Å². The molecule has 0 radical (unpaired) electrons. The van der Waals surface area contributed by atoms with Crippen LogP contribution in [0.15, 0.2) is 51.7 Å². The molecule has 8 nitrogen and oxygen atoms in total. The minimum Gasteiger partial charge on any atom is -0.465 e. The van der Waals surface area contributed by atoms with Gasteiger partial charge < -0.3 is 18.9 Å². The van der Waals surface area contributed by atoms with Gasteiger partial charge in [0.05, 0.1) is 23.6 Å². The van der Waals surface area contributed by atoms with E-state index in [1.807, 2.05) is 0 Å². The van der Waals surface area contributed by atoms with Gasteiger partial charge in [-0.1, -0.05) is 11.6 Å². The highest BCUT2D eigenvalue weighted by molar-refractivity contribution is 6.31. The largest absolute Gasteiger partial charge is 0.465 e. The summed E-state index contributed by atoms with van der Waals surface area (Å²) >= 11 is 5.92. The van der Waals surface area contributed by atoms with Crippen LogP contribution in [0.5, 0.6) is 0 Å². The quantitative estimate of drug-likeness (QED) is 0.511. The van der Waals surface area contributed by atoms with Gasteiger partial charge in [0.25, 0.3) is 5.56 Å². The Labute approximate surface area is 168 Å². The number of hydrogen-bond acceptors (Lipinski definition) is 7. The molecule has 0 atom stereocenters. The molecule has 1 N–H and O–H groups in total. The van der Waals surface area contributed by atoms with E-state index >= 15 is 0 Å². The first-order chi connectivity index (χ1) is 13.9. The van der Waals surface area contributed by atoms with Crippen molar-refractivity contribution in [3.05, 3.63) is 75.0 Å². The van der Waals surface area contributed by atoms with E-state index in [2.05, 4.69) is 14.7 Å². The van der Waals surface area contributed by atoms with Crippen LogP contribution in [0.3, 0.4) is 0 Å². The van der Waals surface area contributed by atoms with Crippen LogP contribution in [0.2, 0.25) is 5.02 Å². The number of carbonyl (C=O) groups is 2. The van der Waals surface area contributed by atoms with Crippen LogP contribution in [0.4, 0.5) is 0 Å². The number of halogens is 1. The molecule has 0 saturated heterocycles. The molecule has 29 heavy (non-hydrogen) atoms. The number of benzene rings is 2. The topological polar surface area (TPSA) is 111 Å². The van der Waals surface area contributed by atoms with Gasteiger partial charge in [-0.2, -0.15) is 0 Å². The van der Waals surface area contributed by atoms with Crippen molar-refractivity contribution in [1.29, 1.82) is 0 Å². The Morgan fingerprint density at radius 1 is 1.14 bits per heavy atom. The number of aromatic amines is 1. The predicted octanol–water partition coefficient (Wildman–Crippen LogP) is 3.47. The number of hydrogen-bond donors (Lipinski definition) is 1. The van der Waals surface area contributed by atoms with Crippen LogP contribution in [-0.4, -0.2) is 29.0 Å². The molecule has 0 aliphatic heterocycles. The average molecular weight is 413 g/mol. The number of furan rings is 1. The van der Waals surface area contributed by atoms with Gasteiger partial charge in [0.15, 0.2) is 0 Å². The van der Waals surface area contributed by atoms with Crippen LogP contribution < -0.4 is 5.56 Å². The van der Waals surface area contributed by atoms with Gasteiger partial charge in [0.1, 0.15) is 18.0 Å². The van der Waals surface area contributed by atoms with E-state index in [0.717, 1.165) is 0 Å². The van der Waals surface area contributed by atoms with E-state index in [4.69, 9.17) is 20.8 Å². The maximum atomic E-state index is 12.3. The molecule has 0 bridgehead atoms. The van der Waals surface area contributed by atoms with Gasteiger partial charge in [0.2, 0.25) is 5.76 Å². The highest BCUT2D eigenvalue weighted by atomic mass is 35.5. The summed E-state index contributed by atoms with van der Waals surface area (Å²) in [4.78, 5) is 43.0. The molecule has 4 rings (SSSR count). The van der Waals surface area contributed by atoms with Gasteiger partial charge in [0, 0.05) is 10.4 Å². The minimum atomic E-state index is -0.719. The third kappa shape index (κ3) is 3.70. The van der Waals surface area contributed by atoms with E-state index in [1.54, 1.807) is 18.2 Å². The van der Waals surface area contributed by atoms with Crippen molar-refractivity contribution in [1.82, 2.24) is 9.97 Å². The fraction of sp³-hybridized carbons (Fsp3) is 0.100. The number of aromatic nitrogens is 2. The molecular weight excluding hydrogens is 400 g/mol. The van der Waals surface area contributed by atoms with Crippen molar-refractivity contribution in [2.75, 3.05) is 7.11 Å². The highest BCUT2D eigenvalue weighted by Gasteiger charge is 2.16. The second kappa shape index (κ2) is 7.40. The smallest absolute Gasteiger partial charge is 0.374 e. The third-order valence-corrected chi connectivity index (χ3v) is 4.43. The fourth-order valence-electron chi connectivity index (χ4n) is 2.82. The normalized spacial score (nSPS) is 11.0. The molecule has 2 heterocycles. The Morgan fingerprint density at radius 2 is 1.97 bits per heavy atom. The summed E-state index contributed by atoms with van der Waals surface area (Å²) < 4.78 is 15.3. The van der Waals surface area contributed by atoms with Crippen molar-refractivity contribution in [2.45, 2.75) is 6.61 Å². The Balaban J connectivity index is 1.57. The lowest BCUT2D eigenvalue weighted by molar-refractivity contribution is 0.0428. The molecule has 4 aromatic rings. The molecular formula is C20H13ClN2O6. The van der Waals surface area contributed by atoms with Gasteiger partial charge in [-0.3, -0.25) is 4.79 Å². The molecule has 0 spiro atoms. The van der Waals surface area contributed by atoms with Gasteiger partial charge in [-0.15, -0.1) is 0 Å². The maximum absolute atomic E-state index is 12.3. The van der Waals surface area contributed by atoms with Gasteiger partial charge in [-0.25, -0.2) is 14.6 Å². The Morgan fingerprint density at radius 3 is 2.76 bits per heavy atom. The predicted molar refractivity (Wildman–Crippen MR) is 104 cm³/mol. The van der Waals surface area contributed by atoms with Crippen molar-refractivity contribution >= 4 is 45.4 Å². The van der Waals surface area contributed by atoms with Crippen LogP contribution in [0.25, 0.3) is 21.9 Å². The molecule has 0 aliphatic rings. The number of nitrogens with one attached hydrogen (secondary N) is 1. The molecule has 2 aromatic carbocycles. The Bertz CT molecular complexity index is 1320. The van der Waals surface area contributed by atoms with Crippen LogP contribution >= 0.6 is 11.6 Å². The first-order valence-electron chi connectivity index (χ1n) is 8.42. The number of methoxy groups -OCH3 is 1. The molecule has 0 fully saturated rings. The summed E-state index contributed by atoms with van der Waals surface area (Å²) in [5.41, 5.74) is 0.604. The summed E-state index contributed by atoms with van der Waals surface area (Å²) in [5.74, 6) is -1.15. The summed E-state index contributed by atoms with van der Waals surface area (Å²) in [7, 11) is 1.26. The molecule has 2 aromatic heterocycles. The molecule has 146 valence electrons. The van der Waals surface area contributed by atoms with E-state index < -0.39 is 17.5 Å². The monoisotopic (exact) mass is 412 g/mol. The Kier molecular flexibility index (Phi) is 4.77. The summed E-state index contributed by atoms with van der Waals surface area (Å²) in [5, 5.41) is 1.47. The number of fused-ring (bicyclic) bond motifs is 2. The zero-order chi connectivity index (χ0) is 20.5. The lowest BCUT2D eigenvalue weighted by atomic mass is 10.1. The zero-order valence-corrected chi connectivity index (χ0v) is 15.8. The van der Waals surface area contributed by atoms with Crippen molar-refractivity contribution in [2.24, 2.45) is 0 Å². The van der Waals surface area contributed by atoms with Crippen LogP contribution in [-0.2, 0) is 16.1 Å². The lowest BCUT2D eigenvalue weighted by Gasteiger charge is -2.05. The van der Waals surface area contributed by atoms with E-state index in [0.29, 0.717) is 21.4 Å². The number of nitrogens with zero attached hydrogens (tertiary/aromatic N) is 1. The molecule has 9 heteroatoms. The first-order valence-corrected chi connectivity index (χ1v) is 8.80. The minimum absolute atomic E-state index is 0.00150. The SMILES string of the molecule is COC(=O)c1ccc2c(=O)[nH]c(COC(=O)c3cc4cc(Cl)ccc4o3)nc2c1. The van der Waals surface area contributed by atoms with E-state index in [1.165, 1.54) is 31.4 Å². The maximum Gasteiger partial charge on any atom is 0.374 e. The third-order valence-electron chi connectivity index (χ3n) is 4.20.